The highest BCUT2D eigenvalue weighted by molar-refractivity contribution is 5.89. The zero-order chi connectivity index (χ0) is 12.8. The molecular weight excluding hydrogens is 230 g/mol. The third-order valence-corrected chi connectivity index (χ3v) is 3.05. The molecule has 0 bridgehead atoms. The Balaban J connectivity index is 1.74. The minimum absolute atomic E-state index is 0.180. The van der Waals surface area contributed by atoms with Gasteiger partial charge < -0.3 is 15.4 Å². The topological polar surface area (TPSA) is 53.6 Å². The van der Waals surface area contributed by atoms with Crippen LogP contribution in [0.4, 0.5) is 10.5 Å². The van der Waals surface area contributed by atoms with Gasteiger partial charge in [0.1, 0.15) is 0 Å². The van der Waals surface area contributed by atoms with Crippen LogP contribution in [-0.2, 0) is 4.74 Å². The SMILES string of the molecule is CN1CCOCC1CNC(=O)Nc1ccccc1. The Labute approximate surface area is 107 Å². The molecule has 0 aliphatic carbocycles. The minimum Gasteiger partial charge on any atom is -0.378 e. The van der Waals surface area contributed by atoms with E-state index in [0.717, 1.165) is 18.8 Å². The second-order valence-corrected chi connectivity index (χ2v) is 4.41. The average molecular weight is 249 g/mol. The van der Waals surface area contributed by atoms with Crippen LogP contribution in [0.5, 0.6) is 0 Å². The maximum atomic E-state index is 11.7. The van der Waals surface area contributed by atoms with Crippen molar-refractivity contribution in [3.05, 3.63) is 30.3 Å². The molecule has 1 fully saturated rings. The number of amides is 2. The van der Waals surface area contributed by atoms with E-state index in [1.165, 1.54) is 0 Å². The zero-order valence-corrected chi connectivity index (χ0v) is 10.6. The number of nitrogens with zero attached hydrogens (tertiary/aromatic N) is 1. The van der Waals surface area contributed by atoms with Crippen LogP contribution in [0.25, 0.3) is 0 Å². The summed E-state index contributed by atoms with van der Waals surface area (Å²) in [7, 11) is 2.05. The van der Waals surface area contributed by atoms with Gasteiger partial charge in [0.05, 0.1) is 19.3 Å². The van der Waals surface area contributed by atoms with Crippen LogP contribution >= 0.6 is 0 Å². The van der Waals surface area contributed by atoms with E-state index in [-0.39, 0.29) is 12.1 Å². The monoisotopic (exact) mass is 249 g/mol. The molecule has 2 rings (SSSR count). The van der Waals surface area contributed by atoms with Crippen molar-refractivity contribution in [3.8, 4) is 0 Å². The van der Waals surface area contributed by atoms with Gasteiger partial charge in [-0.3, -0.25) is 4.90 Å². The molecule has 2 N–H and O–H groups in total. The van der Waals surface area contributed by atoms with E-state index in [9.17, 15) is 4.79 Å². The molecule has 1 unspecified atom stereocenters. The lowest BCUT2D eigenvalue weighted by Gasteiger charge is -2.32. The van der Waals surface area contributed by atoms with Crippen LogP contribution in [0.3, 0.4) is 0 Å². The van der Waals surface area contributed by atoms with Gasteiger partial charge in [-0.05, 0) is 19.2 Å². The van der Waals surface area contributed by atoms with Gasteiger partial charge in [0, 0.05) is 18.8 Å². The molecule has 0 aromatic heterocycles. The summed E-state index contributed by atoms with van der Waals surface area (Å²) >= 11 is 0. The number of hydrogen-bond donors (Lipinski definition) is 2. The summed E-state index contributed by atoms with van der Waals surface area (Å²) in [5, 5.41) is 5.65. The number of benzene rings is 1. The number of anilines is 1. The fraction of sp³-hybridized carbons (Fsp3) is 0.462. The van der Waals surface area contributed by atoms with Gasteiger partial charge in [-0.25, -0.2) is 4.79 Å². The second kappa shape index (κ2) is 6.37. The summed E-state index contributed by atoms with van der Waals surface area (Å²) in [6.45, 7) is 2.94. The van der Waals surface area contributed by atoms with Gasteiger partial charge in [0.15, 0.2) is 0 Å². The molecule has 1 atom stereocenters. The summed E-state index contributed by atoms with van der Waals surface area (Å²) < 4.78 is 5.39. The normalized spacial score (nSPS) is 20.4. The Morgan fingerprint density at radius 2 is 2.22 bits per heavy atom. The first kappa shape index (κ1) is 12.9. The molecule has 0 spiro atoms. The van der Waals surface area contributed by atoms with E-state index in [2.05, 4.69) is 15.5 Å². The molecule has 2 amide bonds. The molecule has 1 aromatic carbocycles. The first-order valence-electron chi connectivity index (χ1n) is 6.13. The van der Waals surface area contributed by atoms with Crippen molar-refractivity contribution in [2.45, 2.75) is 6.04 Å². The third kappa shape index (κ3) is 3.72. The number of morpholine rings is 1. The minimum atomic E-state index is -0.180. The van der Waals surface area contributed by atoms with E-state index in [1.54, 1.807) is 0 Å². The fourth-order valence-corrected chi connectivity index (χ4v) is 1.86. The van der Waals surface area contributed by atoms with Crippen LogP contribution in [0, 0.1) is 0 Å². The van der Waals surface area contributed by atoms with E-state index in [1.807, 2.05) is 37.4 Å². The molecule has 0 saturated carbocycles. The summed E-state index contributed by atoms with van der Waals surface area (Å²) in [6.07, 6.45) is 0. The van der Waals surface area contributed by atoms with Crippen molar-refractivity contribution in [2.75, 3.05) is 38.7 Å². The Bertz CT molecular complexity index is 383. The number of hydrogen-bond acceptors (Lipinski definition) is 3. The number of nitrogens with one attached hydrogen (secondary N) is 2. The third-order valence-electron chi connectivity index (χ3n) is 3.05. The van der Waals surface area contributed by atoms with Crippen LogP contribution in [-0.4, -0.2) is 50.3 Å². The summed E-state index contributed by atoms with van der Waals surface area (Å²) in [5.41, 5.74) is 0.795. The lowest BCUT2D eigenvalue weighted by atomic mass is 10.2. The number of likely N-dealkylation sites (N-methyl/N-ethyl adjacent to an activating group) is 1. The second-order valence-electron chi connectivity index (χ2n) is 4.41. The van der Waals surface area contributed by atoms with Crippen LogP contribution in [0.15, 0.2) is 30.3 Å². The summed E-state index contributed by atoms with van der Waals surface area (Å²) in [4.78, 5) is 13.9. The molecule has 1 aliphatic rings. The number of urea groups is 1. The Hall–Kier alpha value is -1.59. The molecular formula is C13H19N3O2. The standard InChI is InChI=1S/C13H19N3O2/c1-16-7-8-18-10-12(16)9-14-13(17)15-11-5-3-2-4-6-11/h2-6,12H,7-10H2,1H3,(H2,14,15,17). The maximum Gasteiger partial charge on any atom is 0.319 e. The zero-order valence-electron chi connectivity index (χ0n) is 10.6. The first-order chi connectivity index (χ1) is 8.75. The Morgan fingerprint density at radius 3 is 2.94 bits per heavy atom. The van der Waals surface area contributed by atoms with Gasteiger partial charge in [-0.15, -0.1) is 0 Å². The van der Waals surface area contributed by atoms with Crippen molar-refractivity contribution < 1.29 is 9.53 Å². The Morgan fingerprint density at radius 1 is 1.44 bits per heavy atom. The summed E-state index contributed by atoms with van der Waals surface area (Å²) in [5.74, 6) is 0. The molecule has 5 heteroatoms. The van der Waals surface area contributed by atoms with Crippen molar-refractivity contribution in [1.29, 1.82) is 0 Å². The molecule has 18 heavy (non-hydrogen) atoms. The maximum absolute atomic E-state index is 11.7. The molecule has 0 radical (unpaired) electrons. The molecule has 1 aromatic rings. The quantitative estimate of drug-likeness (QED) is 0.844. The van der Waals surface area contributed by atoms with Gasteiger partial charge >= 0.3 is 6.03 Å². The Kier molecular flexibility index (Phi) is 4.55. The molecule has 98 valence electrons. The lowest BCUT2D eigenvalue weighted by Crippen LogP contribution is -2.49. The summed E-state index contributed by atoms with van der Waals surface area (Å²) in [6, 6.07) is 9.47. The van der Waals surface area contributed by atoms with E-state index >= 15 is 0 Å². The average Bonchev–Trinajstić information content (AvgIpc) is 2.39. The predicted octanol–water partition coefficient (Wildman–Crippen LogP) is 1.14. The van der Waals surface area contributed by atoms with Crippen molar-refractivity contribution in [2.24, 2.45) is 0 Å². The number of carbonyl (C=O) groups is 1. The van der Waals surface area contributed by atoms with Crippen molar-refractivity contribution >= 4 is 11.7 Å². The van der Waals surface area contributed by atoms with Gasteiger partial charge in [-0.2, -0.15) is 0 Å². The fourth-order valence-electron chi connectivity index (χ4n) is 1.86. The molecule has 1 aliphatic heterocycles. The van der Waals surface area contributed by atoms with E-state index < -0.39 is 0 Å². The molecule has 1 heterocycles. The molecule has 5 nitrogen and oxygen atoms in total. The largest absolute Gasteiger partial charge is 0.378 e. The van der Waals surface area contributed by atoms with Crippen LogP contribution in [0.1, 0.15) is 0 Å². The first-order valence-corrected chi connectivity index (χ1v) is 6.13. The molecule has 1 saturated heterocycles. The number of rotatable bonds is 3. The number of para-hydroxylation sites is 1. The predicted molar refractivity (Wildman–Crippen MR) is 70.7 cm³/mol. The van der Waals surface area contributed by atoms with Crippen molar-refractivity contribution in [3.63, 3.8) is 0 Å². The smallest absolute Gasteiger partial charge is 0.319 e. The number of ether oxygens (including phenoxy) is 1. The lowest BCUT2D eigenvalue weighted by molar-refractivity contribution is 0.00752. The van der Waals surface area contributed by atoms with Crippen molar-refractivity contribution in [1.82, 2.24) is 10.2 Å². The van der Waals surface area contributed by atoms with E-state index in [4.69, 9.17) is 4.74 Å². The van der Waals surface area contributed by atoms with Gasteiger partial charge in [0.2, 0.25) is 0 Å². The van der Waals surface area contributed by atoms with Crippen LogP contribution < -0.4 is 10.6 Å². The number of carbonyl (C=O) groups excluding carboxylic acids is 1. The highest BCUT2D eigenvalue weighted by atomic mass is 16.5. The highest BCUT2D eigenvalue weighted by Crippen LogP contribution is 2.05. The van der Waals surface area contributed by atoms with E-state index in [0.29, 0.717) is 13.2 Å². The van der Waals surface area contributed by atoms with Crippen LogP contribution in [0.2, 0.25) is 0 Å². The van der Waals surface area contributed by atoms with Gasteiger partial charge in [-0.1, -0.05) is 18.2 Å². The van der Waals surface area contributed by atoms with Gasteiger partial charge in [0.25, 0.3) is 0 Å². The highest BCUT2D eigenvalue weighted by Gasteiger charge is 2.19.